The van der Waals surface area contributed by atoms with Crippen LogP contribution < -0.4 is 4.74 Å². The van der Waals surface area contributed by atoms with E-state index < -0.39 is 0 Å². The van der Waals surface area contributed by atoms with Crippen molar-refractivity contribution in [1.82, 2.24) is 14.8 Å². The van der Waals surface area contributed by atoms with Crippen molar-refractivity contribution in [1.29, 1.82) is 0 Å². The Labute approximate surface area is 145 Å². The molecule has 1 aromatic heterocycles. The van der Waals surface area contributed by atoms with Crippen LogP contribution >= 0.6 is 11.8 Å². The van der Waals surface area contributed by atoms with Crippen LogP contribution in [0.2, 0.25) is 0 Å². The molecule has 6 heteroatoms. The van der Waals surface area contributed by atoms with Crippen LogP contribution in [-0.2, 0) is 13.0 Å². The lowest BCUT2D eigenvalue weighted by molar-refractivity contribution is 0.102. The second kappa shape index (κ2) is 6.43. The number of carbonyl (C=O) groups is 1. The van der Waals surface area contributed by atoms with Crippen LogP contribution in [0.15, 0.2) is 36.0 Å². The zero-order chi connectivity index (χ0) is 16.5. The van der Waals surface area contributed by atoms with E-state index in [9.17, 15) is 4.79 Å². The molecule has 0 bridgehead atoms. The molecule has 0 unspecified atom stereocenters. The highest BCUT2D eigenvalue weighted by molar-refractivity contribution is 7.99. The van der Waals surface area contributed by atoms with E-state index in [0.717, 1.165) is 34.3 Å². The first kappa shape index (κ1) is 15.4. The highest BCUT2D eigenvalue weighted by atomic mass is 32.2. The molecule has 0 radical (unpaired) electrons. The summed E-state index contributed by atoms with van der Waals surface area (Å²) < 4.78 is 7.57. The highest BCUT2D eigenvalue weighted by Crippen LogP contribution is 2.40. The molecule has 0 N–H and O–H groups in total. The molecule has 1 saturated carbocycles. The van der Waals surface area contributed by atoms with Crippen LogP contribution in [-0.4, -0.2) is 32.9 Å². The molecule has 124 valence electrons. The molecule has 1 fully saturated rings. The third-order valence-electron chi connectivity index (χ3n) is 4.34. The number of fused-ring (bicyclic) bond motifs is 1. The molecule has 2 aliphatic rings. The summed E-state index contributed by atoms with van der Waals surface area (Å²) in [6, 6.07) is 5.69. The van der Waals surface area contributed by atoms with Crippen LogP contribution in [0.1, 0.15) is 40.5 Å². The third kappa shape index (κ3) is 2.98. The number of hydrogen-bond donors (Lipinski definition) is 0. The van der Waals surface area contributed by atoms with Crippen molar-refractivity contribution in [3.63, 3.8) is 0 Å². The summed E-state index contributed by atoms with van der Waals surface area (Å²) >= 11 is 1.45. The van der Waals surface area contributed by atoms with Gasteiger partial charge in [-0.1, -0.05) is 17.8 Å². The zero-order valence-corrected chi connectivity index (χ0v) is 14.2. The van der Waals surface area contributed by atoms with Crippen LogP contribution in [0.25, 0.3) is 0 Å². The van der Waals surface area contributed by atoms with E-state index in [1.165, 1.54) is 24.6 Å². The molecule has 1 aliphatic heterocycles. The van der Waals surface area contributed by atoms with Gasteiger partial charge in [0, 0.05) is 24.4 Å². The fourth-order valence-corrected chi connectivity index (χ4v) is 3.77. The highest BCUT2D eigenvalue weighted by Gasteiger charge is 2.30. The number of hydrogen-bond acceptors (Lipinski definition) is 5. The summed E-state index contributed by atoms with van der Waals surface area (Å²) in [4.78, 5) is 12.5. The molecule has 4 rings (SSSR count). The van der Waals surface area contributed by atoms with Gasteiger partial charge in [-0.15, -0.1) is 16.8 Å². The number of ether oxygens (including phenoxy) is 1. The minimum atomic E-state index is 0.107. The van der Waals surface area contributed by atoms with Crippen molar-refractivity contribution >= 4 is 17.5 Å². The van der Waals surface area contributed by atoms with E-state index in [0.29, 0.717) is 24.8 Å². The van der Waals surface area contributed by atoms with E-state index >= 15 is 0 Å². The van der Waals surface area contributed by atoms with Gasteiger partial charge in [-0.2, -0.15) is 0 Å². The summed E-state index contributed by atoms with van der Waals surface area (Å²) in [5.74, 6) is 2.92. The summed E-state index contributed by atoms with van der Waals surface area (Å²) in [7, 11) is 0. The number of nitrogens with zero attached hydrogens (tertiary/aromatic N) is 3. The molecule has 24 heavy (non-hydrogen) atoms. The minimum absolute atomic E-state index is 0.107. The first-order valence-corrected chi connectivity index (χ1v) is 9.20. The van der Waals surface area contributed by atoms with Gasteiger partial charge in [0.15, 0.2) is 10.9 Å². The first-order valence-electron chi connectivity index (χ1n) is 8.22. The second-order valence-electron chi connectivity index (χ2n) is 6.15. The molecule has 0 amide bonds. The Morgan fingerprint density at radius 1 is 1.42 bits per heavy atom. The van der Waals surface area contributed by atoms with E-state index in [2.05, 4.69) is 21.3 Å². The molecular formula is C18H19N3O2S. The van der Waals surface area contributed by atoms with Gasteiger partial charge in [0.25, 0.3) is 0 Å². The normalized spacial score (nSPS) is 15.8. The average Bonchev–Trinajstić information content (AvgIpc) is 3.19. The van der Waals surface area contributed by atoms with Crippen molar-refractivity contribution < 1.29 is 9.53 Å². The van der Waals surface area contributed by atoms with Crippen LogP contribution in [0.5, 0.6) is 5.75 Å². The van der Waals surface area contributed by atoms with Gasteiger partial charge in [0.05, 0.1) is 12.4 Å². The van der Waals surface area contributed by atoms with E-state index in [4.69, 9.17) is 4.74 Å². The van der Waals surface area contributed by atoms with Crippen LogP contribution in [0.3, 0.4) is 0 Å². The smallest absolute Gasteiger partial charge is 0.191 e. The van der Waals surface area contributed by atoms with Crippen molar-refractivity contribution in [3.05, 3.63) is 47.8 Å². The monoisotopic (exact) mass is 341 g/mol. The number of thioether (sulfide) groups is 1. The van der Waals surface area contributed by atoms with Gasteiger partial charge < -0.3 is 9.30 Å². The number of ketones is 1. The number of aromatic nitrogens is 3. The predicted molar refractivity (Wildman–Crippen MR) is 92.9 cm³/mol. The molecule has 1 aromatic carbocycles. The fraction of sp³-hybridized carbons (Fsp3) is 0.389. The molecule has 0 spiro atoms. The number of rotatable bonds is 7. The van der Waals surface area contributed by atoms with E-state index in [-0.39, 0.29) is 5.78 Å². The fourth-order valence-electron chi connectivity index (χ4n) is 2.92. The Balaban J connectivity index is 1.46. The third-order valence-corrected chi connectivity index (χ3v) is 5.31. The number of benzene rings is 1. The van der Waals surface area contributed by atoms with Gasteiger partial charge in [-0.05, 0) is 36.6 Å². The molecule has 0 atom stereocenters. The Hall–Kier alpha value is -2.08. The molecular weight excluding hydrogens is 322 g/mol. The number of allylic oxidation sites excluding steroid dienone is 1. The molecule has 2 aromatic rings. The van der Waals surface area contributed by atoms with Crippen molar-refractivity contribution in [2.24, 2.45) is 0 Å². The second-order valence-corrected chi connectivity index (χ2v) is 7.09. The Kier molecular flexibility index (Phi) is 4.14. The standard InChI is InChI=1S/C18H19N3O2S/c1-2-8-21-17(12-3-4-12)19-20-18(21)24-11-15(22)13-5-6-16-14(10-13)7-9-23-16/h2,5-6,10,12H,1,3-4,7-9,11H2. The van der Waals surface area contributed by atoms with Gasteiger partial charge in [-0.3, -0.25) is 4.79 Å². The van der Waals surface area contributed by atoms with Gasteiger partial charge >= 0.3 is 0 Å². The molecule has 5 nitrogen and oxygen atoms in total. The minimum Gasteiger partial charge on any atom is -0.493 e. The van der Waals surface area contributed by atoms with Gasteiger partial charge in [0.1, 0.15) is 11.6 Å². The first-order chi connectivity index (χ1) is 11.8. The average molecular weight is 341 g/mol. The van der Waals surface area contributed by atoms with Crippen molar-refractivity contribution in [2.75, 3.05) is 12.4 Å². The van der Waals surface area contributed by atoms with E-state index in [1.54, 1.807) is 0 Å². The van der Waals surface area contributed by atoms with Crippen molar-refractivity contribution in [2.45, 2.75) is 36.9 Å². The van der Waals surface area contributed by atoms with Crippen molar-refractivity contribution in [3.8, 4) is 5.75 Å². The van der Waals surface area contributed by atoms with E-state index in [1.807, 2.05) is 24.3 Å². The largest absolute Gasteiger partial charge is 0.493 e. The molecule has 1 aliphatic carbocycles. The summed E-state index contributed by atoms with van der Waals surface area (Å²) in [6.45, 7) is 5.20. The lowest BCUT2D eigenvalue weighted by Gasteiger charge is -2.07. The lowest BCUT2D eigenvalue weighted by Crippen LogP contribution is -2.06. The quantitative estimate of drug-likeness (QED) is 0.439. The molecule has 2 heterocycles. The summed E-state index contributed by atoms with van der Waals surface area (Å²) in [5, 5.41) is 9.39. The lowest BCUT2D eigenvalue weighted by atomic mass is 10.1. The van der Waals surface area contributed by atoms with Crippen LogP contribution in [0, 0.1) is 0 Å². The maximum atomic E-state index is 12.5. The SMILES string of the molecule is C=CCn1c(SCC(=O)c2ccc3c(c2)CCO3)nnc1C1CC1. The maximum absolute atomic E-state index is 12.5. The number of carbonyl (C=O) groups excluding carboxylic acids is 1. The molecule has 0 saturated heterocycles. The maximum Gasteiger partial charge on any atom is 0.191 e. The number of Topliss-reactive ketones (excluding diaryl/α,β-unsaturated/α-hetero) is 1. The zero-order valence-electron chi connectivity index (χ0n) is 13.4. The Morgan fingerprint density at radius 3 is 3.08 bits per heavy atom. The van der Waals surface area contributed by atoms with Gasteiger partial charge in [0.2, 0.25) is 0 Å². The van der Waals surface area contributed by atoms with Crippen LogP contribution in [0.4, 0.5) is 0 Å². The van der Waals surface area contributed by atoms with Gasteiger partial charge in [-0.25, -0.2) is 0 Å². The topological polar surface area (TPSA) is 57.0 Å². The Bertz CT molecular complexity index is 796. The summed E-state index contributed by atoms with van der Waals surface area (Å²) in [5.41, 5.74) is 1.86. The Morgan fingerprint density at radius 2 is 2.29 bits per heavy atom. The predicted octanol–water partition coefficient (Wildman–Crippen LogP) is 3.25. The summed E-state index contributed by atoms with van der Waals surface area (Å²) in [6.07, 6.45) is 5.08.